The number of aliphatic hydroxyl groups is 2. The fourth-order valence-electron chi connectivity index (χ4n) is 1.73. The number of hydrogen-bond acceptors (Lipinski definition) is 3. The molecule has 0 aliphatic heterocycles. The van der Waals surface area contributed by atoms with Crippen LogP contribution in [-0.2, 0) is 6.54 Å². The van der Waals surface area contributed by atoms with Gasteiger partial charge in [0.15, 0.2) is 0 Å². The van der Waals surface area contributed by atoms with Crippen LogP contribution in [0.5, 0.6) is 0 Å². The van der Waals surface area contributed by atoms with E-state index in [0.717, 1.165) is 5.56 Å². The first-order chi connectivity index (χ1) is 8.16. The van der Waals surface area contributed by atoms with Crippen LogP contribution < -0.4 is 0 Å². The lowest BCUT2D eigenvalue weighted by atomic mass is 9.63. The maximum absolute atomic E-state index is 9.41. The van der Waals surface area contributed by atoms with Crippen molar-refractivity contribution in [2.24, 2.45) is 0 Å². The number of rotatable bonds is 6. The van der Waals surface area contributed by atoms with Gasteiger partial charge in [-0.1, -0.05) is 30.3 Å². The van der Waals surface area contributed by atoms with E-state index in [1.54, 1.807) is 4.90 Å². The lowest BCUT2D eigenvalue weighted by molar-refractivity contribution is 0.0913. The predicted molar refractivity (Wildman–Crippen MR) is 74.6 cm³/mol. The summed E-state index contributed by atoms with van der Waals surface area (Å²) < 4.78 is 0. The lowest BCUT2D eigenvalue weighted by Gasteiger charge is -2.34. The SMILES string of the molecule is [B]C([B])(O)CN(Cc1ccccc1)CC([B])([B])O. The first-order valence-corrected chi connectivity index (χ1v) is 5.52. The lowest BCUT2D eigenvalue weighted by Crippen LogP contribution is -2.50. The van der Waals surface area contributed by atoms with Crippen molar-refractivity contribution in [3.63, 3.8) is 0 Å². The van der Waals surface area contributed by atoms with Gasteiger partial charge >= 0.3 is 0 Å². The summed E-state index contributed by atoms with van der Waals surface area (Å²) in [5.41, 5.74) is 0.964. The second-order valence-corrected chi connectivity index (χ2v) is 4.61. The Balaban J connectivity index is 2.72. The van der Waals surface area contributed by atoms with Crippen LogP contribution in [-0.4, -0.2) is 70.4 Å². The standard InChI is InChI=1S/C11H13B4NO2/c12-10(13,17)7-16(8-11(14,15)18)6-9-4-2-1-3-5-9/h1-5,17-18H,6-8H2. The summed E-state index contributed by atoms with van der Waals surface area (Å²) in [6, 6.07) is 9.43. The Hall–Kier alpha value is -0.640. The molecule has 8 radical (unpaired) electrons. The van der Waals surface area contributed by atoms with E-state index < -0.39 is 10.8 Å². The zero-order chi connectivity index (χ0) is 13.8. The molecule has 1 aromatic carbocycles. The molecule has 86 valence electrons. The fourth-order valence-corrected chi connectivity index (χ4v) is 1.73. The Kier molecular flexibility index (Phi) is 5.14. The highest BCUT2D eigenvalue weighted by molar-refractivity contribution is 6.39. The quantitative estimate of drug-likeness (QED) is 0.586. The summed E-state index contributed by atoms with van der Waals surface area (Å²) in [4.78, 5) is 1.58. The van der Waals surface area contributed by atoms with Crippen molar-refractivity contribution < 1.29 is 10.2 Å². The molecule has 0 saturated carbocycles. The molecule has 0 unspecified atom stereocenters. The van der Waals surface area contributed by atoms with Crippen molar-refractivity contribution >= 4 is 31.4 Å². The molecule has 0 aromatic heterocycles. The normalized spacial score (nSPS) is 12.8. The molecular weight excluding hydrogens is 221 g/mol. The summed E-state index contributed by atoms with van der Waals surface area (Å²) in [6.07, 6.45) is 0. The van der Waals surface area contributed by atoms with Crippen molar-refractivity contribution in [1.29, 1.82) is 0 Å². The first-order valence-electron chi connectivity index (χ1n) is 5.52. The molecule has 3 nitrogen and oxygen atoms in total. The minimum atomic E-state index is -1.87. The highest BCUT2D eigenvalue weighted by atomic mass is 16.3. The fraction of sp³-hybridized carbons (Fsp3) is 0.455. The highest BCUT2D eigenvalue weighted by Gasteiger charge is 2.22. The van der Waals surface area contributed by atoms with Gasteiger partial charge < -0.3 is 10.2 Å². The molecule has 1 aromatic rings. The Morgan fingerprint density at radius 3 is 1.72 bits per heavy atom. The van der Waals surface area contributed by atoms with Crippen molar-refractivity contribution in [3.8, 4) is 0 Å². The van der Waals surface area contributed by atoms with E-state index in [2.05, 4.69) is 0 Å². The molecule has 0 heterocycles. The average molecular weight is 234 g/mol. The molecule has 1 rings (SSSR count). The van der Waals surface area contributed by atoms with Gasteiger partial charge in [-0.25, -0.2) is 0 Å². The van der Waals surface area contributed by atoms with Gasteiger partial charge in [0.05, 0.1) is 0 Å². The monoisotopic (exact) mass is 235 g/mol. The maximum atomic E-state index is 9.41. The molecule has 0 bridgehead atoms. The van der Waals surface area contributed by atoms with Gasteiger partial charge in [0.25, 0.3) is 0 Å². The van der Waals surface area contributed by atoms with E-state index in [9.17, 15) is 10.2 Å². The van der Waals surface area contributed by atoms with Crippen molar-refractivity contribution in [2.75, 3.05) is 13.1 Å². The third-order valence-electron chi connectivity index (χ3n) is 2.20. The molecule has 2 N–H and O–H groups in total. The number of nitrogens with zero attached hydrogens (tertiary/aromatic N) is 1. The van der Waals surface area contributed by atoms with E-state index >= 15 is 0 Å². The highest BCUT2D eigenvalue weighted by Crippen LogP contribution is 2.09. The predicted octanol–water partition coefficient (Wildman–Crippen LogP) is -1.55. The summed E-state index contributed by atoms with van der Waals surface area (Å²) in [5.74, 6) is 0. The van der Waals surface area contributed by atoms with Crippen LogP contribution in [0.3, 0.4) is 0 Å². The van der Waals surface area contributed by atoms with Crippen molar-refractivity contribution in [3.05, 3.63) is 35.9 Å². The van der Waals surface area contributed by atoms with Crippen LogP contribution >= 0.6 is 0 Å². The van der Waals surface area contributed by atoms with Gasteiger partial charge in [0.2, 0.25) is 0 Å². The Morgan fingerprint density at radius 2 is 1.33 bits per heavy atom. The summed E-state index contributed by atoms with van der Waals surface area (Å²) in [6.45, 7) is 0.269. The van der Waals surface area contributed by atoms with Crippen LogP contribution in [0.25, 0.3) is 0 Å². The van der Waals surface area contributed by atoms with E-state index in [0.29, 0.717) is 6.54 Å². The third kappa shape index (κ3) is 6.94. The van der Waals surface area contributed by atoms with Crippen LogP contribution in [0.4, 0.5) is 0 Å². The van der Waals surface area contributed by atoms with Crippen molar-refractivity contribution in [1.82, 2.24) is 4.90 Å². The van der Waals surface area contributed by atoms with E-state index in [-0.39, 0.29) is 13.1 Å². The molecule has 0 spiro atoms. The minimum absolute atomic E-state index is 0.0708. The smallest absolute Gasteiger partial charge is 0.101 e. The van der Waals surface area contributed by atoms with Gasteiger partial charge in [0, 0.05) is 19.6 Å². The molecule has 0 amide bonds. The second kappa shape index (κ2) is 6.00. The molecular formula is C11H13B4NO2. The van der Waals surface area contributed by atoms with E-state index in [4.69, 9.17) is 31.4 Å². The molecule has 18 heavy (non-hydrogen) atoms. The zero-order valence-electron chi connectivity index (χ0n) is 10.2. The van der Waals surface area contributed by atoms with Gasteiger partial charge in [-0.15, -0.1) is 0 Å². The summed E-state index contributed by atoms with van der Waals surface area (Å²) in [7, 11) is 21.3. The first kappa shape index (κ1) is 15.4. The average Bonchev–Trinajstić information content (AvgIpc) is 2.13. The molecule has 0 aliphatic carbocycles. The molecule has 0 saturated heterocycles. The largest absolute Gasteiger partial charge is 0.408 e. The minimum Gasteiger partial charge on any atom is -0.408 e. The molecule has 0 fully saturated rings. The molecule has 0 aliphatic rings. The van der Waals surface area contributed by atoms with E-state index in [1.165, 1.54) is 0 Å². The summed E-state index contributed by atoms with van der Waals surface area (Å²) >= 11 is 0. The van der Waals surface area contributed by atoms with Gasteiger partial charge in [0.1, 0.15) is 31.4 Å². The van der Waals surface area contributed by atoms with E-state index in [1.807, 2.05) is 30.3 Å². The topological polar surface area (TPSA) is 43.7 Å². The Bertz CT molecular complexity index is 346. The van der Waals surface area contributed by atoms with Gasteiger partial charge in [-0.05, 0) is 16.4 Å². The number of benzene rings is 1. The maximum Gasteiger partial charge on any atom is 0.101 e. The van der Waals surface area contributed by atoms with Crippen LogP contribution in [0.1, 0.15) is 5.56 Å². The van der Waals surface area contributed by atoms with Gasteiger partial charge in [-0.3, -0.25) is 4.90 Å². The number of hydrogen-bond donors (Lipinski definition) is 2. The summed E-state index contributed by atoms with van der Waals surface area (Å²) in [5, 5.41) is 15.1. The van der Waals surface area contributed by atoms with Crippen LogP contribution in [0, 0.1) is 0 Å². The second-order valence-electron chi connectivity index (χ2n) is 4.61. The zero-order valence-corrected chi connectivity index (χ0v) is 10.2. The third-order valence-corrected chi connectivity index (χ3v) is 2.20. The molecule has 0 atom stereocenters. The van der Waals surface area contributed by atoms with Crippen LogP contribution in [0.2, 0.25) is 0 Å². The Morgan fingerprint density at radius 1 is 0.889 bits per heavy atom. The van der Waals surface area contributed by atoms with Gasteiger partial charge in [-0.2, -0.15) is 0 Å². The molecule has 7 heteroatoms. The van der Waals surface area contributed by atoms with Crippen LogP contribution in [0.15, 0.2) is 30.3 Å². The van der Waals surface area contributed by atoms with Crippen molar-refractivity contribution in [2.45, 2.75) is 17.3 Å². The Labute approximate surface area is 113 Å².